The molecule has 0 unspecified atom stereocenters. The number of aliphatic hydroxyl groups is 3. The zero-order valence-electron chi connectivity index (χ0n) is 20.9. The topological polar surface area (TPSA) is 194 Å². The Morgan fingerprint density at radius 3 is 2.35 bits per heavy atom. The Bertz CT molecular complexity index is 1300. The molecule has 0 saturated heterocycles. The van der Waals surface area contributed by atoms with E-state index in [1.54, 1.807) is 40.3 Å². The van der Waals surface area contributed by atoms with Crippen molar-refractivity contribution in [1.29, 1.82) is 0 Å². The summed E-state index contributed by atoms with van der Waals surface area (Å²) in [6, 6.07) is 2.13. The SMILES string of the molecule is CN(C)C(=O)CNc1ccc2c(c1O)C(=O)C1=C(O)[C@@]3(O)C(=O)C(C(N)=O)=C(O)[C@@H](N(C)C)[C@H]3C[C@H]1C2. The number of ketones is 2. The Kier molecular flexibility index (Phi) is 6.29. The fraction of sp³-hybridized carbons (Fsp3) is 0.440. The molecule has 0 aromatic heterocycles. The molecule has 0 spiro atoms. The summed E-state index contributed by atoms with van der Waals surface area (Å²) in [6.45, 7) is -0.141. The lowest BCUT2D eigenvalue weighted by atomic mass is 9.58. The van der Waals surface area contributed by atoms with Gasteiger partial charge in [-0.2, -0.15) is 0 Å². The highest BCUT2D eigenvalue weighted by Gasteiger charge is 2.63. The molecule has 0 bridgehead atoms. The van der Waals surface area contributed by atoms with Crippen molar-refractivity contribution in [3.63, 3.8) is 0 Å². The number of hydrogen-bond donors (Lipinski definition) is 6. The highest BCUT2D eigenvalue weighted by molar-refractivity contribution is 6.24. The molecule has 2 amide bonds. The van der Waals surface area contributed by atoms with Gasteiger partial charge in [-0.25, -0.2) is 0 Å². The summed E-state index contributed by atoms with van der Waals surface area (Å²) in [5.74, 6) is -7.30. The van der Waals surface area contributed by atoms with Gasteiger partial charge in [0.2, 0.25) is 11.7 Å². The van der Waals surface area contributed by atoms with Crippen LogP contribution in [0.5, 0.6) is 5.75 Å². The minimum Gasteiger partial charge on any atom is -0.510 e. The van der Waals surface area contributed by atoms with Crippen LogP contribution >= 0.6 is 0 Å². The third kappa shape index (κ3) is 3.75. The van der Waals surface area contributed by atoms with Crippen molar-refractivity contribution in [2.45, 2.75) is 24.5 Å². The first-order valence-corrected chi connectivity index (χ1v) is 11.7. The predicted molar refractivity (Wildman–Crippen MR) is 131 cm³/mol. The van der Waals surface area contributed by atoms with Crippen molar-refractivity contribution in [2.24, 2.45) is 17.6 Å². The maximum atomic E-state index is 13.6. The van der Waals surface area contributed by atoms with E-state index < -0.39 is 63.8 Å². The van der Waals surface area contributed by atoms with E-state index in [4.69, 9.17) is 5.73 Å². The zero-order valence-corrected chi connectivity index (χ0v) is 20.9. The second-order valence-corrected chi connectivity index (χ2v) is 10.1. The van der Waals surface area contributed by atoms with Crippen LogP contribution in [0, 0.1) is 11.8 Å². The average molecular weight is 515 g/mol. The number of aromatic hydroxyl groups is 1. The highest BCUT2D eigenvalue weighted by atomic mass is 16.3. The Hall–Kier alpha value is -3.90. The second kappa shape index (κ2) is 8.89. The van der Waals surface area contributed by atoms with Crippen LogP contribution < -0.4 is 11.1 Å². The first kappa shape index (κ1) is 26.2. The number of phenols is 1. The molecule has 3 aliphatic rings. The number of benzene rings is 1. The number of hydrogen-bond acceptors (Lipinski definition) is 10. The normalized spacial score (nSPS) is 27.0. The van der Waals surface area contributed by atoms with Crippen LogP contribution in [0.25, 0.3) is 0 Å². The quantitative estimate of drug-likeness (QED) is 0.223. The first-order valence-electron chi connectivity index (χ1n) is 11.7. The Balaban J connectivity index is 1.83. The smallest absolute Gasteiger partial charge is 0.255 e. The van der Waals surface area contributed by atoms with Gasteiger partial charge in [0.15, 0.2) is 11.4 Å². The van der Waals surface area contributed by atoms with Crippen LogP contribution in [0.1, 0.15) is 22.3 Å². The largest absolute Gasteiger partial charge is 0.510 e. The molecule has 0 aliphatic heterocycles. The molecule has 4 rings (SSSR count). The fourth-order valence-electron chi connectivity index (χ4n) is 5.70. The number of amides is 2. The standard InChI is InChI=1S/C25H30N4O8/c1-28(2)14(30)9-27-13-6-5-10-7-11-8-12-18(29(3)4)21(33)17(24(26)36)23(35)25(12,37)22(34)16(11)20(32)15(10)19(13)31/h5-6,11-12,18,27,31,33-34,37H,7-9H2,1-4H3,(H2,26,36)/t11-,12-,18+,25-/m1/s1. The molecule has 7 N–H and O–H groups in total. The van der Waals surface area contributed by atoms with Crippen molar-refractivity contribution < 1.29 is 39.6 Å². The van der Waals surface area contributed by atoms with Gasteiger partial charge < -0.3 is 36.4 Å². The molecule has 12 heteroatoms. The van der Waals surface area contributed by atoms with Gasteiger partial charge in [-0.3, -0.25) is 24.1 Å². The highest BCUT2D eigenvalue weighted by Crippen LogP contribution is 2.52. The monoisotopic (exact) mass is 514 g/mol. The maximum Gasteiger partial charge on any atom is 0.255 e. The Morgan fingerprint density at radius 1 is 1.14 bits per heavy atom. The Labute approximate surface area is 212 Å². The number of carbonyl (C=O) groups is 4. The number of phenolic OH excluding ortho intramolecular Hbond substituents is 1. The lowest BCUT2D eigenvalue weighted by Crippen LogP contribution is -2.63. The van der Waals surface area contributed by atoms with Gasteiger partial charge in [0.1, 0.15) is 22.8 Å². The minimum absolute atomic E-state index is 0.0177. The molecule has 0 heterocycles. The number of rotatable bonds is 5. The number of fused-ring (bicyclic) bond motifs is 3. The molecule has 0 saturated carbocycles. The maximum absolute atomic E-state index is 13.6. The summed E-state index contributed by atoms with van der Waals surface area (Å²) in [6.07, 6.45) is 0.211. The number of nitrogens with two attached hydrogens (primary N) is 1. The molecule has 3 aliphatic carbocycles. The van der Waals surface area contributed by atoms with Gasteiger partial charge in [0.05, 0.1) is 23.8 Å². The van der Waals surface area contributed by atoms with E-state index in [2.05, 4.69) is 5.32 Å². The van der Waals surface area contributed by atoms with Gasteiger partial charge in [0.25, 0.3) is 5.91 Å². The number of primary amides is 1. The van der Waals surface area contributed by atoms with Crippen LogP contribution in [0.4, 0.5) is 5.69 Å². The summed E-state index contributed by atoms with van der Waals surface area (Å²) in [4.78, 5) is 53.7. The number of aliphatic hydroxyl groups excluding tert-OH is 2. The van der Waals surface area contributed by atoms with Crippen molar-refractivity contribution >= 4 is 29.1 Å². The van der Waals surface area contributed by atoms with Crippen LogP contribution in [-0.2, 0) is 20.8 Å². The number of anilines is 1. The van der Waals surface area contributed by atoms with Gasteiger partial charge >= 0.3 is 0 Å². The lowest BCUT2D eigenvalue weighted by molar-refractivity contribution is -0.148. The summed E-state index contributed by atoms with van der Waals surface area (Å²) < 4.78 is 0. The van der Waals surface area contributed by atoms with Gasteiger partial charge in [-0.15, -0.1) is 0 Å². The van der Waals surface area contributed by atoms with E-state index in [0.717, 1.165) is 0 Å². The number of likely N-dealkylation sites (N-methyl/N-ethyl adjacent to an activating group) is 2. The van der Waals surface area contributed by atoms with E-state index in [0.29, 0.717) is 5.56 Å². The van der Waals surface area contributed by atoms with E-state index in [-0.39, 0.29) is 42.1 Å². The summed E-state index contributed by atoms with van der Waals surface area (Å²) in [5.41, 5.74) is 2.03. The van der Waals surface area contributed by atoms with Gasteiger partial charge in [0, 0.05) is 25.6 Å². The van der Waals surface area contributed by atoms with Crippen molar-refractivity contribution in [1.82, 2.24) is 9.80 Å². The van der Waals surface area contributed by atoms with Crippen LogP contribution in [0.15, 0.2) is 34.8 Å². The van der Waals surface area contributed by atoms with E-state index in [9.17, 15) is 39.6 Å². The number of Topliss-reactive ketones (excluding diaryl/α,β-unsaturated/α-hetero) is 2. The molecular formula is C25H30N4O8. The van der Waals surface area contributed by atoms with Crippen LogP contribution in [0.2, 0.25) is 0 Å². The molecule has 0 fully saturated rings. The molecular weight excluding hydrogens is 484 g/mol. The summed E-state index contributed by atoms with van der Waals surface area (Å²) in [7, 11) is 6.28. The van der Waals surface area contributed by atoms with Crippen molar-refractivity contribution in [3.8, 4) is 5.75 Å². The predicted octanol–water partition coefficient (Wildman–Crippen LogP) is -0.379. The van der Waals surface area contributed by atoms with Gasteiger partial charge in [-0.1, -0.05) is 6.07 Å². The van der Waals surface area contributed by atoms with Crippen molar-refractivity contribution in [3.05, 3.63) is 45.9 Å². The van der Waals surface area contributed by atoms with Crippen LogP contribution in [0.3, 0.4) is 0 Å². The lowest BCUT2D eigenvalue weighted by Gasteiger charge is -2.50. The average Bonchev–Trinajstić information content (AvgIpc) is 2.80. The number of allylic oxidation sites excluding steroid dienone is 1. The van der Waals surface area contributed by atoms with E-state index in [1.165, 1.54) is 9.80 Å². The number of carbonyl (C=O) groups excluding carboxylic acids is 4. The summed E-state index contributed by atoms with van der Waals surface area (Å²) in [5, 5.41) is 47.3. The molecule has 0 radical (unpaired) electrons. The third-order valence-electron chi connectivity index (χ3n) is 7.52. The summed E-state index contributed by atoms with van der Waals surface area (Å²) >= 11 is 0. The van der Waals surface area contributed by atoms with Crippen LogP contribution in [-0.4, -0.2) is 100.0 Å². The molecule has 1 aromatic rings. The fourth-order valence-corrected chi connectivity index (χ4v) is 5.70. The molecule has 198 valence electrons. The van der Waals surface area contributed by atoms with Crippen molar-refractivity contribution in [2.75, 3.05) is 40.1 Å². The molecule has 12 nitrogen and oxygen atoms in total. The third-order valence-corrected chi connectivity index (χ3v) is 7.52. The Morgan fingerprint density at radius 2 is 1.78 bits per heavy atom. The van der Waals surface area contributed by atoms with Gasteiger partial charge in [-0.05, 0) is 44.5 Å². The molecule has 4 atom stereocenters. The molecule has 1 aromatic carbocycles. The second-order valence-electron chi connectivity index (χ2n) is 10.1. The minimum atomic E-state index is -2.69. The number of nitrogens with zero attached hydrogens (tertiary/aromatic N) is 2. The molecule has 37 heavy (non-hydrogen) atoms. The van der Waals surface area contributed by atoms with E-state index in [1.807, 2.05) is 0 Å². The van der Waals surface area contributed by atoms with E-state index >= 15 is 0 Å². The number of nitrogens with one attached hydrogen (secondary N) is 1. The zero-order chi connectivity index (χ0) is 27.6. The first-order chi connectivity index (χ1) is 17.2.